The summed E-state index contributed by atoms with van der Waals surface area (Å²) in [6, 6.07) is 8.04. The Morgan fingerprint density at radius 1 is 1.15 bits per heavy atom. The Morgan fingerprint density at radius 3 is 2.78 bits per heavy atom. The second-order valence-electron chi connectivity index (χ2n) is 7.90. The van der Waals surface area contributed by atoms with Crippen LogP contribution in [0.2, 0.25) is 0 Å². The van der Waals surface area contributed by atoms with Gasteiger partial charge >= 0.3 is 0 Å². The molecule has 1 N–H and O–H groups in total. The van der Waals surface area contributed by atoms with Gasteiger partial charge in [-0.3, -0.25) is 5.10 Å². The summed E-state index contributed by atoms with van der Waals surface area (Å²) in [6.45, 7) is 10.8. The van der Waals surface area contributed by atoms with E-state index in [1.54, 1.807) is 6.33 Å². The van der Waals surface area contributed by atoms with E-state index in [1.165, 1.54) is 6.42 Å². The third kappa shape index (κ3) is 3.61. The molecule has 0 saturated carbocycles. The van der Waals surface area contributed by atoms with Crippen LogP contribution in [0.5, 0.6) is 5.75 Å². The van der Waals surface area contributed by atoms with Gasteiger partial charge in [-0.15, -0.1) is 0 Å². The van der Waals surface area contributed by atoms with Gasteiger partial charge in [0.15, 0.2) is 0 Å². The molecule has 0 aliphatic carbocycles. The Kier molecular flexibility index (Phi) is 4.72. The number of fused-ring (bicyclic) bond motifs is 1. The van der Waals surface area contributed by atoms with Crippen molar-refractivity contribution in [1.82, 2.24) is 20.2 Å². The zero-order valence-corrected chi connectivity index (χ0v) is 16.4. The van der Waals surface area contributed by atoms with E-state index in [9.17, 15) is 0 Å². The van der Waals surface area contributed by atoms with Gasteiger partial charge in [0.1, 0.15) is 23.6 Å². The number of hydrogen-bond acceptors (Lipinski definition) is 5. The number of nitrogens with zero attached hydrogens (tertiary/aromatic N) is 4. The summed E-state index contributed by atoms with van der Waals surface area (Å²) in [5.74, 6) is 3.24. The van der Waals surface area contributed by atoms with Gasteiger partial charge in [0.05, 0.1) is 17.3 Å². The number of rotatable bonds is 4. The maximum absolute atomic E-state index is 5.84. The summed E-state index contributed by atoms with van der Waals surface area (Å²) in [6.07, 6.45) is 2.97. The molecule has 1 fully saturated rings. The molecule has 142 valence electrons. The number of hydrogen-bond donors (Lipinski definition) is 1. The molecule has 27 heavy (non-hydrogen) atoms. The molecule has 0 bridgehead atoms. The smallest absolute Gasteiger partial charge is 0.132 e. The van der Waals surface area contributed by atoms with Crippen LogP contribution < -0.4 is 9.64 Å². The van der Waals surface area contributed by atoms with Crippen molar-refractivity contribution in [2.24, 2.45) is 11.8 Å². The van der Waals surface area contributed by atoms with Crippen LogP contribution in [0.15, 0.2) is 30.6 Å². The predicted octanol–water partition coefficient (Wildman–Crippen LogP) is 4.29. The Balaban J connectivity index is 1.67. The van der Waals surface area contributed by atoms with Crippen molar-refractivity contribution in [2.45, 2.75) is 40.2 Å². The lowest BCUT2D eigenvalue weighted by atomic mass is 9.89. The van der Waals surface area contributed by atoms with E-state index in [0.717, 1.165) is 52.9 Å². The van der Waals surface area contributed by atoms with Gasteiger partial charge in [-0.25, -0.2) is 9.97 Å². The molecule has 0 radical (unpaired) electrons. The van der Waals surface area contributed by atoms with E-state index < -0.39 is 0 Å². The van der Waals surface area contributed by atoms with Crippen LogP contribution in [0.25, 0.3) is 22.3 Å². The van der Waals surface area contributed by atoms with Crippen LogP contribution in [-0.2, 0) is 0 Å². The van der Waals surface area contributed by atoms with E-state index in [1.807, 2.05) is 38.1 Å². The lowest BCUT2D eigenvalue weighted by Gasteiger charge is -2.36. The highest BCUT2D eigenvalue weighted by atomic mass is 16.5. The topological polar surface area (TPSA) is 66.9 Å². The van der Waals surface area contributed by atoms with Crippen molar-refractivity contribution in [1.29, 1.82) is 0 Å². The van der Waals surface area contributed by atoms with E-state index >= 15 is 0 Å². The highest BCUT2D eigenvalue weighted by Gasteiger charge is 2.24. The number of benzene rings is 1. The van der Waals surface area contributed by atoms with Gasteiger partial charge in [0, 0.05) is 24.5 Å². The normalized spacial score (nSPS) is 20.4. The lowest BCUT2D eigenvalue weighted by Crippen LogP contribution is -2.38. The summed E-state index contributed by atoms with van der Waals surface area (Å²) in [4.78, 5) is 11.4. The van der Waals surface area contributed by atoms with Gasteiger partial charge in [-0.05, 0) is 50.3 Å². The van der Waals surface area contributed by atoms with Crippen molar-refractivity contribution in [3.05, 3.63) is 30.6 Å². The van der Waals surface area contributed by atoms with E-state index in [4.69, 9.17) is 4.74 Å². The molecule has 6 heteroatoms. The number of H-pyrrole nitrogens is 1. The third-order valence-corrected chi connectivity index (χ3v) is 5.46. The second kappa shape index (κ2) is 7.18. The van der Waals surface area contributed by atoms with Crippen molar-refractivity contribution in [3.8, 4) is 17.1 Å². The zero-order valence-electron chi connectivity index (χ0n) is 16.4. The Bertz CT molecular complexity index is 935. The van der Waals surface area contributed by atoms with Gasteiger partial charge < -0.3 is 9.64 Å². The molecule has 1 aliphatic rings. The Morgan fingerprint density at radius 2 is 2.00 bits per heavy atom. The molecular weight excluding hydrogens is 338 g/mol. The van der Waals surface area contributed by atoms with Crippen molar-refractivity contribution >= 4 is 16.7 Å². The minimum absolute atomic E-state index is 0.131. The molecular formula is C21H27N5O. The first-order valence-corrected chi connectivity index (χ1v) is 9.73. The summed E-state index contributed by atoms with van der Waals surface area (Å²) in [5, 5.41) is 8.62. The van der Waals surface area contributed by atoms with Gasteiger partial charge in [-0.2, -0.15) is 5.10 Å². The molecule has 1 aliphatic heterocycles. The van der Waals surface area contributed by atoms with Gasteiger partial charge in [-0.1, -0.05) is 13.8 Å². The highest BCUT2D eigenvalue weighted by Crippen LogP contribution is 2.31. The number of nitrogens with one attached hydrogen (secondary N) is 1. The molecule has 6 nitrogen and oxygen atoms in total. The first kappa shape index (κ1) is 17.8. The maximum atomic E-state index is 5.84. The fourth-order valence-electron chi connectivity index (χ4n) is 3.65. The van der Waals surface area contributed by atoms with Crippen LogP contribution >= 0.6 is 0 Å². The van der Waals surface area contributed by atoms with Crippen molar-refractivity contribution in [2.75, 3.05) is 18.0 Å². The van der Waals surface area contributed by atoms with Crippen LogP contribution in [0, 0.1) is 11.8 Å². The Hall–Kier alpha value is -2.63. The van der Waals surface area contributed by atoms with Gasteiger partial charge in [0.2, 0.25) is 0 Å². The largest absolute Gasteiger partial charge is 0.491 e. The number of ether oxygens (including phenoxy) is 1. The minimum atomic E-state index is 0.131. The Labute approximate surface area is 160 Å². The average Bonchev–Trinajstić information content (AvgIpc) is 3.07. The second-order valence-corrected chi connectivity index (χ2v) is 7.90. The van der Waals surface area contributed by atoms with E-state index in [2.05, 4.69) is 38.9 Å². The highest BCUT2D eigenvalue weighted by molar-refractivity contribution is 5.93. The molecule has 1 saturated heterocycles. The summed E-state index contributed by atoms with van der Waals surface area (Å²) in [7, 11) is 0. The first-order valence-electron chi connectivity index (χ1n) is 9.73. The number of anilines is 1. The van der Waals surface area contributed by atoms with Crippen LogP contribution in [0.1, 0.15) is 34.1 Å². The predicted molar refractivity (Wildman–Crippen MR) is 108 cm³/mol. The quantitative estimate of drug-likeness (QED) is 0.747. The molecule has 0 spiro atoms. The average molecular weight is 365 g/mol. The van der Waals surface area contributed by atoms with Crippen molar-refractivity contribution < 1.29 is 4.74 Å². The fourth-order valence-corrected chi connectivity index (χ4v) is 3.65. The van der Waals surface area contributed by atoms with E-state index in [0.29, 0.717) is 5.92 Å². The summed E-state index contributed by atoms with van der Waals surface area (Å²) in [5.41, 5.74) is 2.64. The molecule has 0 amide bonds. The maximum Gasteiger partial charge on any atom is 0.132 e. The number of piperidine rings is 1. The van der Waals surface area contributed by atoms with Gasteiger partial charge in [0.25, 0.3) is 0 Å². The van der Waals surface area contributed by atoms with Crippen LogP contribution in [0.3, 0.4) is 0 Å². The molecule has 3 aromatic rings. The molecule has 3 heterocycles. The zero-order chi connectivity index (χ0) is 19.0. The first-order chi connectivity index (χ1) is 13.0. The minimum Gasteiger partial charge on any atom is -0.491 e. The lowest BCUT2D eigenvalue weighted by molar-refractivity contribution is 0.243. The van der Waals surface area contributed by atoms with E-state index in [-0.39, 0.29) is 6.10 Å². The van der Waals surface area contributed by atoms with Crippen LogP contribution in [-0.4, -0.2) is 39.4 Å². The number of aromatic nitrogens is 4. The fraction of sp³-hybridized carbons (Fsp3) is 0.476. The molecule has 2 aromatic heterocycles. The molecule has 2 atom stereocenters. The summed E-state index contributed by atoms with van der Waals surface area (Å²) < 4.78 is 5.84. The monoisotopic (exact) mass is 365 g/mol. The van der Waals surface area contributed by atoms with Crippen LogP contribution in [0.4, 0.5) is 5.82 Å². The SMILES string of the molecule is CC(C)Oc1ccc2[nH]nc(-c3cc(N4CC[C@H](C)[C@@H](C)C4)ncn3)c2c1. The molecule has 4 rings (SSSR count). The van der Waals surface area contributed by atoms with Crippen molar-refractivity contribution in [3.63, 3.8) is 0 Å². The standard InChI is InChI=1S/C21H27N5O/c1-13(2)27-16-5-6-18-17(9-16)21(25-24-18)19-10-20(23-12-22-19)26-8-7-14(3)15(4)11-26/h5-6,9-10,12-15H,7-8,11H2,1-4H3,(H,24,25)/t14-,15-/m0/s1. The summed E-state index contributed by atoms with van der Waals surface area (Å²) >= 11 is 0. The molecule has 0 unspecified atom stereocenters. The number of aromatic amines is 1. The third-order valence-electron chi connectivity index (χ3n) is 5.46. The molecule has 1 aromatic carbocycles.